The van der Waals surface area contributed by atoms with Crippen LogP contribution >= 0.6 is 0 Å². The summed E-state index contributed by atoms with van der Waals surface area (Å²) in [7, 11) is 1.48. The molecule has 0 spiro atoms. The fourth-order valence-corrected chi connectivity index (χ4v) is 3.29. The van der Waals surface area contributed by atoms with Crippen LogP contribution in [0, 0.1) is 0 Å². The van der Waals surface area contributed by atoms with Crippen LogP contribution in [0.2, 0.25) is 0 Å². The van der Waals surface area contributed by atoms with Crippen molar-refractivity contribution < 1.29 is 14.6 Å². The molecule has 1 aromatic carbocycles. The van der Waals surface area contributed by atoms with E-state index in [9.17, 15) is 4.79 Å². The molecule has 2 N–H and O–H groups in total. The summed E-state index contributed by atoms with van der Waals surface area (Å²) in [4.78, 5) is 26.8. The number of nitrogens with zero attached hydrogens (tertiary/aromatic N) is 1. The van der Waals surface area contributed by atoms with Gasteiger partial charge < -0.3 is 10.6 Å². The van der Waals surface area contributed by atoms with Crippen molar-refractivity contribution in [3.8, 4) is 0 Å². The third-order valence-corrected chi connectivity index (χ3v) is 5.01. The van der Waals surface area contributed by atoms with E-state index in [0.29, 0.717) is 19.7 Å². The van der Waals surface area contributed by atoms with Gasteiger partial charge >= 0.3 is 0 Å². The van der Waals surface area contributed by atoms with Crippen molar-refractivity contribution in [2.45, 2.75) is 25.5 Å². The monoisotopic (exact) mass is 431 g/mol. The zero-order chi connectivity index (χ0) is 22.4. The lowest BCUT2D eigenvalue weighted by Gasteiger charge is -2.19. The Balaban J connectivity index is 1.61. The first-order valence-electron chi connectivity index (χ1n) is 10.7. The topological polar surface area (TPSA) is 72.5 Å². The van der Waals surface area contributed by atoms with Gasteiger partial charge in [0.15, 0.2) is 0 Å². The maximum atomic E-state index is 13.0. The molecule has 32 heavy (non-hydrogen) atoms. The maximum Gasteiger partial charge on any atom is 0.241 e. The summed E-state index contributed by atoms with van der Waals surface area (Å²) in [6, 6.07) is 11.2. The zero-order valence-corrected chi connectivity index (χ0v) is 18.3. The molecule has 1 unspecified atom stereocenters. The molecule has 1 heterocycles. The molecule has 0 fully saturated rings. The van der Waals surface area contributed by atoms with Gasteiger partial charge in [0.1, 0.15) is 12.6 Å². The molecule has 1 aliphatic carbocycles. The van der Waals surface area contributed by atoms with Crippen LogP contribution in [0.5, 0.6) is 0 Å². The first-order chi connectivity index (χ1) is 15.8. The highest BCUT2D eigenvalue weighted by atomic mass is 17.2. The van der Waals surface area contributed by atoms with Crippen molar-refractivity contribution in [2.75, 3.05) is 20.2 Å². The third kappa shape index (κ3) is 7.76. The molecule has 1 aliphatic rings. The highest BCUT2D eigenvalue weighted by Crippen LogP contribution is 2.16. The second-order valence-electron chi connectivity index (χ2n) is 7.31. The van der Waals surface area contributed by atoms with E-state index < -0.39 is 6.04 Å². The molecule has 3 rings (SSSR count). The van der Waals surface area contributed by atoms with Crippen molar-refractivity contribution in [1.29, 1.82) is 0 Å². The number of pyridine rings is 1. The third-order valence-electron chi connectivity index (χ3n) is 5.01. The largest absolute Gasteiger partial charge is 0.354 e. The van der Waals surface area contributed by atoms with Crippen LogP contribution in [0.25, 0.3) is 0 Å². The molecule has 2 aromatic rings. The van der Waals surface area contributed by atoms with E-state index in [-0.39, 0.29) is 5.91 Å². The Bertz CT molecular complexity index is 975. The number of benzene rings is 1. The van der Waals surface area contributed by atoms with Crippen molar-refractivity contribution in [3.05, 3.63) is 107 Å². The van der Waals surface area contributed by atoms with Crippen LogP contribution in [0.1, 0.15) is 29.2 Å². The van der Waals surface area contributed by atoms with E-state index >= 15 is 0 Å². The van der Waals surface area contributed by atoms with Crippen LogP contribution in [0.3, 0.4) is 0 Å². The second kappa shape index (κ2) is 13.2. The van der Waals surface area contributed by atoms with E-state index in [4.69, 9.17) is 4.89 Å². The highest BCUT2D eigenvalue weighted by Gasteiger charge is 2.19. The minimum absolute atomic E-state index is 0.0540. The molecule has 166 valence electrons. The van der Waals surface area contributed by atoms with E-state index in [0.717, 1.165) is 29.5 Å². The Morgan fingerprint density at radius 1 is 1.09 bits per heavy atom. The Morgan fingerprint density at radius 2 is 1.97 bits per heavy atom. The molecule has 6 nitrogen and oxygen atoms in total. The van der Waals surface area contributed by atoms with Crippen molar-refractivity contribution in [2.24, 2.45) is 0 Å². The number of carbonyl (C=O) groups excluding carboxylic acids is 1. The van der Waals surface area contributed by atoms with Crippen molar-refractivity contribution in [1.82, 2.24) is 15.6 Å². The van der Waals surface area contributed by atoms with E-state index in [1.165, 1.54) is 12.7 Å². The lowest BCUT2D eigenvalue weighted by molar-refractivity contribution is -0.282. The summed E-state index contributed by atoms with van der Waals surface area (Å²) in [6.07, 6.45) is 15.0. The summed E-state index contributed by atoms with van der Waals surface area (Å²) in [5, 5.41) is 6.47. The summed E-state index contributed by atoms with van der Waals surface area (Å²) in [6.45, 7) is 1.57. The fraction of sp³-hybridized carbons (Fsp3) is 0.269. The number of carbonyl (C=O) groups is 1. The quantitative estimate of drug-likeness (QED) is 0.304. The average Bonchev–Trinajstić information content (AvgIpc) is 3.10. The number of hydrogen-bond donors (Lipinski definition) is 2. The van der Waals surface area contributed by atoms with Crippen LogP contribution in [-0.2, 0) is 27.6 Å². The van der Waals surface area contributed by atoms with Crippen LogP contribution in [0.15, 0.2) is 90.5 Å². The van der Waals surface area contributed by atoms with Crippen molar-refractivity contribution >= 4 is 5.91 Å². The van der Waals surface area contributed by atoms with Gasteiger partial charge in [-0.25, -0.2) is 9.78 Å². The number of rotatable bonds is 12. The SMILES string of the molecule is COOCc1ccc(C(NCCC2=CC=C=CC=C2)C(=O)NCCc2cccnc2)cc1. The summed E-state index contributed by atoms with van der Waals surface area (Å²) in [5.74, 6) is -0.0540. The Labute approximate surface area is 189 Å². The van der Waals surface area contributed by atoms with Crippen molar-refractivity contribution in [3.63, 3.8) is 0 Å². The van der Waals surface area contributed by atoms with Gasteiger partial charge in [0.25, 0.3) is 0 Å². The van der Waals surface area contributed by atoms with Gasteiger partial charge in [-0.2, -0.15) is 0 Å². The molecular weight excluding hydrogens is 402 g/mol. The smallest absolute Gasteiger partial charge is 0.241 e. The Kier molecular flexibility index (Phi) is 9.65. The molecule has 0 radical (unpaired) electrons. The van der Waals surface area contributed by atoms with Gasteiger partial charge in [0, 0.05) is 25.5 Å². The molecule has 0 bridgehead atoms. The predicted octanol–water partition coefficient (Wildman–Crippen LogP) is 3.75. The lowest BCUT2D eigenvalue weighted by atomic mass is 10.0. The first-order valence-corrected chi connectivity index (χ1v) is 10.7. The molecule has 0 saturated carbocycles. The Hall–Kier alpha value is -3.28. The van der Waals surface area contributed by atoms with Gasteiger partial charge in [-0.3, -0.25) is 9.78 Å². The van der Waals surface area contributed by atoms with Gasteiger partial charge in [0.2, 0.25) is 5.91 Å². The van der Waals surface area contributed by atoms with Crippen LogP contribution < -0.4 is 10.6 Å². The fourth-order valence-electron chi connectivity index (χ4n) is 3.29. The van der Waals surface area contributed by atoms with E-state index in [1.54, 1.807) is 6.20 Å². The summed E-state index contributed by atoms with van der Waals surface area (Å²) >= 11 is 0. The van der Waals surface area contributed by atoms with Crippen LogP contribution in [0.4, 0.5) is 0 Å². The number of amides is 1. The highest BCUT2D eigenvalue weighted by molar-refractivity contribution is 5.83. The minimum Gasteiger partial charge on any atom is -0.354 e. The Morgan fingerprint density at radius 3 is 2.75 bits per heavy atom. The van der Waals surface area contributed by atoms with E-state index in [1.807, 2.05) is 66.9 Å². The lowest BCUT2D eigenvalue weighted by Crippen LogP contribution is -2.39. The standard InChI is InChI=1S/C26H29N3O3/c1-31-32-20-23-10-12-24(13-11-23)25(28-17-14-21-7-4-2-3-5-8-21)26(30)29-18-15-22-9-6-16-27-19-22/h2,4-13,16,19,25,28H,14-15,17-18,20H2,1H3,(H,29,30). The molecular formula is C26H29N3O3. The van der Waals surface area contributed by atoms with Gasteiger partial charge in [-0.05, 0) is 53.3 Å². The minimum atomic E-state index is -0.453. The van der Waals surface area contributed by atoms with Gasteiger partial charge in [-0.15, -0.1) is 5.73 Å². The van der Waals surface area contributed by atoms with Crippen LogP contribution in [-0.4, -0.2) is 31.1 Å². The molecule has 1 aromatic heterocycles. The predicted molar refractivity (Wildman–Crippen MR) is 124 cm³/mol. The van der Waals surface area contributed by atoms with Gasteiger partial charge in [0.05, 0.1) is 7.11 Å². The number of hydrogen-bond acceptors (Lipinski definition) is 5. The summed E-state index contributed by atoms with van der Waals surface area (Å²) in [5.41, 5.74) is 7.20. The number of nitrogens with one attached hydrogen (secondary N) is 2. The number of aromatic nitrogens is 1. The maximum absolute atomic E-state index is 13.0. The molecule has 1 amide bonds. The normalized spacial score (nSPS) is 13.5. The second-order valence-corrected chi connectivity index (χ2v) is 7.31. The summed E-state index contributed by atoms with van der Waals surface area (Å²) < 4.78 is 0. The van der Waals surface area contributed by atoms with Gasteiger partial charge in [-0.1, -0.05) is 48.6 Å². The zero-order valence-electron chi connectivity index (χ0n) is 18.3. The van der Waals surface area contributed by atoms with E-state index in [2.05, 4.69) is 32.3 Å². The molecule has 0 aliphatic heterocycles. The molecule has 0 saturated heterocycles. The first kappa shape index (κ1) is 23.4. The average molecular weight is 432 g/mol. The number of allylic oxidation sites excluding steroid dienone is 4. The molecule has 6 heteroatoms. The molecule has 1 atom stereocenters.